The Bertz CT molecular complexity index is 604. The molecular weight excluding hydrogens is 316 g/mol. The first-order valence-corrected chi connectivity index (χ1v) is 6.93. The summed E-state index contributed by atoms with van der Waals surface area (Å²) in [6.45, 7) is 0. The minimum Gasteiger partial charge on any atom is -0.468 e. The SMILES string of the molecule is COC(=O)CSc1ccc(N)c2cc(Br)cnc12. The summed E-state index contributed by atoms with van der Waals surface area (Å²) in [5, 5.41) is 0.874. The number of nitrogens with zero attached hydrogens (tertiary/aromatic N) is 1. The lowest BCUT2D eigenvalue weighted by molar-refractivity contribution is -0.137. The van der Waals surface area contributed by atoms with Gasteiger partial charge in [-0.15, -0.1) is 11.8 Å². The lowest BCUT2D eigenvalue weighted by Crippen LogP contribution is -2.03. The maximum Gasteiger partial charge on any atom is 0.315 e. The third kappa shape index (κ3) is 2.76. The predicted octanol–water partition coefficient (Wildman–Crippen LogP) is 2.84. The lowest BCUT2D eigenvalue weighted by Gasteiger charge is -2.07. The van der Waals surface area contributed by atoms with Crippen molar-refractivity contribution in [1.29, 1.82) is 0 Å². The molecule has 0 atom stereocenters. The van der Waals surface area contributed by atoms with Gasteiger partial charge in [-0.3, -0.25) is 9.78 Å². The van der Waals surface area contributed by atoms with E-state index in [0.717, 1.165) is 20.3 Å². The van der Waals surface area contributed by atoms with Gasteiger partial charge in [0.1, 0.15) is 0 Å². The number of fused-ring (bicyclic) bond motifs is 1. The molecule has 0 saturated heterocycles. The van der Waals surface area contributed by atoms with Crippen LogP contribution >= 0.6 is 27.7 Å². The van der Waals surface area contributed by atoms with E-state index in [4.69, 9.17) is 5.73 Å². The zero-order valence-electron chi connectivity index (χ0n) is 9.64. The summed E-state index contributed by atoms with van der Waals surface area (Å²) in [7, 11) is 1.37. The van der Waals surface area contributed by atoms with Crippen molar-refractivity contribution in [3.8, 4) is 0 Å². The molecule has 0 aliphatic heterocycles. The number of carbonyl (C=O) groups excluding carboxylic acids is 1. The highest BCUT2D eigenvalue weighted by Gasteiger charge is 2.09. The van der Waals surface area contributed by atoms with E-state index < -0.39 is 0 Å². The fourth-order valence-corrected chi connectivity index (χ4v) is 2.69. The van der Waals surface area contributed by atoms with Gasteiger partial charge < -0.3 is 10.5 Å². The van der Waals surface area contributed by atoms with Gasteiger partial charge in [-0.25, -0.2) is 0 Å². The van der Waals surface area contributed by atoms with E-state index >= 15 is 0 Å². The molecule has 2 N–H and O–H groups in total. The van der Waals surface area contributed by atoms with Crippen LogP contribution in [-0.2, 0) is 9.53 Å². The molecule has 6 heteroatoms. The monoisotopic (exact) mass is 326 g/mol. The zero-order valence-corrected chi connectivity index (χ0v) is 12.0. The van der Waals surface area contributed by atoms with Crippen LogP contribution in [0.4, 0.5) is 5.69 Å². The number of nitrogen functional groups attached to an aromatic ring is 1. The summed E-state index contributed by atoms with van der Waals surface area (Å²) in [4.78, 5) is 16.4. The van der Waals surface area contributed by atoms with Crippen LogP contribution in [0.1, 0.15) is 0 Å². The number of carbonyl (C=O) groups is 1. The highest BCUT2D eigenvalue weighted by atomic mass is 79.9. The first kappa shape index (κ1) is 13.2. The predicted molar refractivity (Wildman–Crippen MR) is 76.6 cm³/mol. The molecule has 0 bridgehead atoms. The first-order valence-electron chi connectivity index (χ1n) is 5.15. The molecule has 0 aliphatic carbocycles. The second kappa shape index (κ2) is 5.58. The number of benzene rings is 1. The molecule has 18 heavy (non-hydrogen) atoms. The van der Waals surface area contributed by atoms with Crippen molar-refractivity contribution in [2.24, 2.45) is 0 Å². The highest BCUT2D eigenvalue weighted by Crippen LogP contribution is 2.31. The van der Waals surface area contributed by atoms with Gasteiger partial charge in [-0.05, 0) is 34.1 Å². The van der Waals surface area contributed by atoms with Crippen LogP contribution in [0.2, 0.25) is 0 Å². The van der Waals surface area contributed by atoms with E-state index in [2.05, 4.69) is 25.7 Å². The maximum atomic E-state index is 11.1. The number of hydrogen-bond acceptors (Lipinski definition) is 5. The topological polar surface area (TPSA) is 65.2 Å². The molecule has 0 aliphatic rings. The molecule has 94 valence electrons. The van der Waals surface area contributed by atoms with Gasteiger partial charge in [-0.2, -0.15) is 0 Å². The number of esters is 1. The van der Waals surface area contributed by atoms with Crippen LogP contribution in [0.3, 0.4) is 0 Å². The molecule has 0 unspecified atom stereocenters. The Morgan fingerprint density at radius 2 is 2.33 bits per heavy atom. The Balaban J connectivity index is 2.40. The molecule has 2 aromatic rings. The van der Waals surface area contributed by atoms with E-state index in [-0.39, 0.29) is 11.7 Å². The quantitative estimate of drug-likeness (QED) is 0.533. The normalized spacial score (nSPS) is 10.6. The Kier molecular flexibility index (Phi) is 4.08. The Hall–Kier alpha value is -1.27. The average molecular weight is 327 g/mol. The number of hydrogen-bond donors (Lipinski definition) is 1. The third-order valence-electron chi connectivity index (χ3n) is 2.39. The van der Waals surface area contributed by atoms with Gasteiger partial charge >= 0.3 is 5.97 Å². The van der Waals surface area contributed by atoms with E-state index in [1.165, 1.54) is 18.9 Å². The highest BCUT2D eigenvalue weighted by molar-refractivity contribution is 9.10. The molecule has 4 nitrogen and oxygen atoms in total. The van der Waals surface area contributed by atoms with Crippen LogP contribution < -0.4 is 5.73 Å². The fourth-order valence-electron chi connectivity index (χ4n) is 1.50. The average Bonchev–Trinajstić information content (AvgIpc) is 2.38. The standard InChI is InChI=1S/C12H11BrN2O2S/c1-17-11(16)6-18-10-3-2-9(14)8-4-7(13)5-15-12(8)10/h2-5H,6,14H2,1H3. The molecule has 1 aromatic carbocycles. The number of aromatic nitrogens is 1. The Morgan fingerprint density at radius 1 is 1.56 bits per heavy atom. The molecule has 1 aromatic heterocycles. The van der Waals surface area contributed by atoms with Crippen molar-refractivity contribution in [2.75, 3.05) is 18.6 Å². The van der Waals surface area contributed by atoms with Crippen LogP contribution in [0.5, 0.6) is 0 Å². The van der Waals surface area contributed by atoms with Gasteiger partial charge in [0.25, 0.3) is 0 Å². The number of methoxy groups -OCH3 is 1. The van der Waals surface area contributed by atoms with Gasteiger partial charge in [0.05, 0.1) is 18.4 Å². The lowest BCUT2D eigenvalue weighted by atomic mass is 10.2. The van der Waals surface area contributed by atoms with Gasteiger partial charge in [-0.1, -0.05) is 0 Å². The summed E-state index contributed by atoms with van der Waals surface area (Å²) >= 11 is 4.75. The van der Waals surface area contributed by atoms with Crippen molar-refractivity contribution in [2.45, 2.75) is 4.90 Å². The van der Waals surface area contributed by atoms with E-state index in [0.29, 0.717) is 5.69 Å². The molecule has 2 rings (SSSR count). The van der Waals surface area contributed by atoms with Crippen molar-refractivity contribution in [3.05, 3.63) is 28.9 Å². The maximum absolute atomic E-state index is 11.1. The minimum atomic E-state index is -0.262. The number of nitrogens with two attached hydrogens (primary N) is 1. The van der Waals surface area contributed by atoms with E-state index in [9.17, 15) is 4.79 Å². The second-order valence-electron chi connectivity index (χ2n) is 3.57. The summed E-state index contributed by atoms with van der Waals surface area (Å²) in [6.07, 6.45) is 1.71. The van der Waals surface area contributed by atoms with Crippen LogP contribution in [-0.4, -0.2) is 23.8 Å². The Labute approximate surface area is 117 Å². The molecule has 0 fully saturated rings. The van der Waals surface area contributed by atoms with Crippen molar-refractivity contribution >= 4 is 50.3 Å². The number of thioether (sulfide) groups is 1. The van der Waals surface area contributed by atoms with E-state index in [1.807, 2.05) is 18.2 Å². The molecule has 0 saturated carbocycles. The first-order chi connectivity index (χ1) is 8.61. The number of halogens is 1. The third-order valence-corrected chi connectivity index (χ3v) is 3.84. The van der Waals surface area contributed by atoms with E-state index in [1.54, 1.807) is 6.20 Å². The van der Waals surface area contributed by atoms with Gasteiger partial charge in [0, 0.05) is 26.6 Å². The summed E-state index contributed by atoms with van der Waals surface area (Å²) in [5.74, 6) is -0.00475. The van der Waals surface area contributed by atoms with Crippen molar-refractivity contribution in [1.82, 2.24) is 4.98 Å². The van der Waals surface area contributed by atoms with Gasteiger partial charge in [0.2, 0.25) is 0 Å². The van der Waals surface area contributed by atoms with Crippen molar-refractivity contribution < 1.29 is 9.53 Å². The summed E-state index contributed by atoms with van der Waals surface area (Å²) < 4.78 is 5.49. The zero-order chi connectivity index (χ0) is 13.1. The smallest absolute Gasteiger partial charge is 0.315 e. The fraction of sp³-hybridized carbons (Fsp3) is 0.167. The minimum absolute atomic E-state index is 0.257. The molecule has 0 radical (unpaired) electrons. The van der Waals surface area contributed by atoms with Crippen LogP contribution in [0.25, 0.3) is 10.9 Å². The van der Waals surface area contributed by atoms with Crippen molar-refractivity contribution in [3.63, 3.8) is 0 Å². The second-order valence-corrected chi connectivity index (χ2v) is 5.50. The number of ether oxygens (including phenoxy) is 1. The molecule has 0 amide bonds. The van der Waals surface area contributed by atoms with Crippen LogP contribution in [0.15, 0.2) is 33.8 Å². The molecule has 0 spiro atoms. The summed E-state index contributed by atoms with van der Waals surface area (Å²) in [5.41, 5.74) is 7.38. The molecule has 1 heterocycles. The number of rotatable bonds is 3. The van der Waals surface area contributed by atoms with Crippen LogP contribution in [0, 0.1) is 0 Å². The largest absolute Gasteiger partial charge is 0.468 e. The summed E-state index contributed by atoms with van der Waals surface area (Å²) in [6, 6.07) is 5.60. The number of pyridine rings is 1. The van der Waals surface area contributed by atoms with Gasteiger partial charge in [0.15, 0.2) is 0 Å². The molecular formula is C12H11BrN2O2S. The number of anilines is 1. The Morgan fingerprint density at radius 3 is 3.06 bits per heavy atom.